The van der Waals surface area contributed by atoms with Crippen molar-refractivity contribution in [2.75, 3.05) is 30.4 Å². The van der Waals surface area contributed by atoms with E-state index >= 15 is 0 Å². The number of nitrogens with zero attached hydrogens (tertiary/aromatic N) is 2. The van der Waals surface area contributed by atoms with Gasteiger partial charge in [-0.1, -0.05) is 36.4 Å². The number of thioether (sulfide) groups is 1. The van der Waals surface area contributed by atoms with Crippen LogP contribution in [-0.2, 0) is 5.75 Å². The van der Waals surface area contributed by atoms with Crippen LogP contribution in [0.2, 0.25) is 0 Å². The van der Waals surface area contributed by atoms with Crippen LogP contribution >= 0.6 is 11.8 Å². The summed E-state index contributed by atoms with van der Waals surface area (Å²) >= 11 is 1.67. The van der Waals surface area contributed by atoms with Crippen molar-refractivity contribution in [3.05, 3.63) is 84.6 Å². The first-order valence-electron chi connectivity index (χ1n) is 9.64. The number of carbonyl (C=O) groups excluding carboxylic acids is 1. The first-order valence-corrected chi connectivity index (χ1v) is 10.6. The molecule has 0 radical (unpaired) electrons. The molecule has 0 aliphatic heterocycles. The van der Waals surface area contributed by atoms with Crippen molar-refractivity contribution in [1.29, 1.82) is 0 Å². The van der Waals surface area contributed by atoms with Gasteiger partial charge in [-0.3, -0.25) is 0 Å². The Labute approximate surface area is 176 Å². The molecule has 0 atom stereocenters. The molecule has 150 valence electrons. The van der Waals surface area contributed by atoms with Gasteiger partial charge in [-0.15, -0.1) is 11.8 Å². The number of amides is 2. The summed E-state index contributed by atoms with van der Waals surface area (Å²) in [5.74, 6) is 0.806. The molecule has 0 unspecified atom stereocenters. The molecule has 0 spiro atoms. The van der Waals surface area contributed by atoms with Gasteiger partial charge in [0.2, 0.25) is 0 Å². The topological polar surface area (TPSA) is 57.3 Å². The van der Waals surface area contributed by atoms with Crippen LogP contribution in [0.5, 0.6) is 0 Å². The molecule has 0 saturated heterocycles. The van der Waals surface area contributed by atoms with Gasteiger partial charge in [0, 0.05) is 43.5 Å². The van der Waals surface area contributed by atoms with E-state index in [4.69, 9.17) is 0 Å². The fraction of sp³-hybridized carbons (Fsp3) is 0.217. The number of pyridine rings is 1. The second-order valence-electron chi connectivity index (χ2n) is 6.65. The van der Waals surface area contributed by atoms with Gasteiger partial charge in [0.25, 0.3) is 0 Å². The summed E-state index contributed by atoms with van der Waals surface area (Å²) in [7, 11) is 2.06. The summed E-state index contributed by atoms with van der Waals surface area (Å²) in [5, 5.41) is 6.83. The second kappa shape index (κ2) is 11.1. The molecule has 5 nitrogen and oxygen atoms in total. The maximum absolute atomic E-state index is 12.2. The number of anilines is 2. The van der Waals surface area contributed by atoms with E-state index in [1.807, 2.05) is 54.6 Å². The highest BCUT2D eigenvalue weighted by Gasteiger charge is 2.04. The number of carbonyl (C=O) groups is 1. The van der Waals surface area contributed by atoms with Gasteiger partial charge >= 0.3 is 6.03 Å². The van der Waals surface area contributed by atoms with Crippen molar-refractivity contribution in [3.63, 3.8) is 0 Å². The van der Waals surface area contributed by atoms with Crippen LogP contribution in [0.4, 0.5) is 16.2 Å². The predicted octanol–water partition coefficient (Wildman–Crippen LogP) is 5.02. The fourth-order valence-electron chi connectivity index (χ4n) is 2.83. The molecule has 0 aliphatic carbocycles. The number of hydrogen-bond donors (Lipinski definition) is 2. The van der Waals surface area contributed by atoms with Crippen LogP contribution in [0.1, 0.15) is 12.0 Å². The lowest BCUT2D eigenvalue weighted by Gasteiger charge is -2.19. The summed E-state index contributed by atoms with van der Waals surface area (Å²) in [5.41, 5.74) is 3.11. The minimum absolute atomic E-state index is 0.179. The van der Waals surface area contributed by atoms with Crippen molar-refractivity contribution in [1.82, 2.24) is 10.3 Å². The normalized spacial score (nSPS) is 10.4. The molecule has 6 heteroatoms. The van der Waals surface area contributed by atoms with Gasteiger partial charge < -0.3 is 15.5 Å². The summed E-state index contributed by atoms with van der Waals surface area (Å²) in [6.07, 6.45) is 2.67. The van der Waals surface area contributed by atoms with E-state index in [-0.39, 0.29) is 6.03 Å². The zero-order chi connectivity index (χ0) is 20.3. The summed E-state index contributed by atoms with van der Waals surface area (Å²) in [6, 6.07) is 23.8. The number of hydrogen-bond acceptors (Lipinski definition) is 4. The molecule has 2 aromatic carbocycles. The number of rotatable bonds is 9. The molecule has 0 saturated carbocycles. The highest BCUT2D eigenvalue weighted by atomic mass is 32.2. The Bertz CT molecular complexity index is 890. The minimum Gasteiger partial charge on any atom is -0.375 e. The Hall–Kier alpha value is -2.99. The molecule has 1 heterocycles. The fourth-order valence-corrected chi connectivity index (χ4v) is 3.64. The van der Waals surface area contributed by atoms with Crippen LogP contribution in [0.3, 0.4) is 0 Å². The highest BCUT2D eigenvalue weighted by molar-refractivity contribution is 7.98. The lowest BCUT2D eigenvalue weighted by molar-refractivity contribution is 0.252. The Morgan fingerprint density at radius 1 is 1.03 bits per heavy atom. The number of nitrogens with one attached hydrogen (secondary N) is 2. The van der Waals surface area contributed by atoms with E-state index in [0.29, 0.717) is 6.54 Å². The van der Waals surface area contributed by atoms with Crippen LogP contribution in [-0.4, -0.2) is 31.2 Å². The largest absolute Gasteiger partial charge is 0.375 e. The lowest BCUT2D eigenvalue weighted by Crippen LogP contribution is -2.31. The van der Waals surface area contributed by atoms with Gasteiger partial charge in [-0.25, -0.2) is 9.78 Å². The van der Waals surface area contributed by atoms with Crippen molar-refractivity contribution in [2.24, 2.45) is 0 Å². The lowest BCUT2D eigenvalue weighted by atomic mass is 10.2. The third-order valence-corrected chi connectivity index (χ3v) is 5.38. The van der Waals surface area contributed by atoms with Crippen LogP contribution in [0.15, 0.2) is 84.0 Å². The Balaban J connectivity index is 1.39. The third kappa shape index (κ3) is 7.16. The average molecular weight is 407 g/mol. The van der Waals surface area contributed by atoms with E-state index in [1.54, 1.807) is 18.0 Å². The first-order chi connectivity index (χ1) is 14.2. The van der Waals surface area contributed by atoms with E-state index in [0.717, 1.165) is 35.0 Å². The Morgan fingerprint density at radius 3 is 2.66 bits per heavy atom. The quantitative estimate of drug-likeness (QED) is 0.387. The smallest absolute Gasteiger partial charge is 0.319 e. The van der Waals surface area contributed by atoms with Gasteiger partial charge in [-0.05, 0) is 48.4 Å². The molecule has 1 aromatic heterocycles. The third-order valence-electron chi connectivity index (χ3n) is 4.36. The molecule has 0 fully saturated rings. The molecule has 2 N–H and O–H groups in total. The van der Waals surface area contributed by atoms with Crippen molar-refractivity contribution in [2.45, 2.75) is 17.2 Å². The molecule has 3 aromatic rings. The summed E-state index contributed by atoms with van der Waals surface area (Å²) in [4.78, 5) is 18.7. The zero-order valence-electron chi connectivity index (χ0n) is 16.5. The zero-order valence-corrected chi connectivity index (χ0v) is 17.4. The number of urea groups is 1. The SMILES string of the molecule is CN(CCCNC(=O)Nc1cccc(CSc2ccccn2)c1)c1ccccc1. The van der Waals surface area contributed by atoms with E-state index in [9.17, 15) is 4.79 Å². The van der Waals surface area contributed by atoms with E-state index < -0.39 is 0 Å². The first kappa shape index (κ1) is 20.7. The molecule has 3 rings (SSSR count). The number of benzene rings is 2. The predicted molar refractivity (Wildman–Crippen MR) is 122 cm³/mol. The Morgan fingerprint density at radius 2 is 1.86 bits per heavy atom. The Kier molecular flexibility index (Phi) is 7.95. The molecular formula is C23H26N4OS. The van der Waals surface area contributed by atoms with Crippen LogP contribution < -0.4 is 15.5 Å². The summed E-state index contributed by atoms with van der Waals surface area (Å²) in [6.45, 7) is 1.50. The molecule has 29 heavy (non-hydrogen) atoms. The standard InChI is InChI=1S/C23H26N4OS/c1-27(21-11-3-2-4-12-21)16-8-15-25-23(28)26-20-10-7-9-19(17-20)18-29-22-13-5-6-14-24-22/h2-7,9-14,17H,8,15-16,18H2,1H3,(H2,25,26,28). The number of para-hydroxylation sites is 1. The van der Waals surface area contributed by atoms with Crippen LogP contribution in [0.25, 0.3) is 0 Å². The average Bonchev–Trinajstić information content (AvgIpc) is 2.77. The molecule has 2 amide bonds. The molecular weight excluding hydrogens is 380 g/mol. The van der Waals surface area contributed by atoms with Crippen molar-refractivity contribution in [3.8, 4) is 0 Å². The molecule has 0 bridgehead atoms. The van der Waals surface area contributed by atoms with Crippen molar-refractivity contribution >= 4 is 29.2 Å². The van der Waals surface area contributed by atoms with E-state index in [1.165, 1.54) is 5.69 Å². The molecule has 0 aliphatic rings. The monoisotopic (exact) mass is 406 g/mol. The maximum Gasteiger partial charge on any atom is 0.319 e. The van der Waals surface area contributed by atoms with Gasteiger partial charge in [0.1, 0.15) is 0 Å². The van der Waals surface area contributed by atoms with Crippen LogP contribution in [0, 0.1) is 0 Å². The summed E-state index contributed by atoms with van der Waals surface area (Å²) < 4.78 is 0. The number of aromatic nitrogens is 1. The second-order valence-corrected chi connectivity index (χ2v) is 7.64. The van der Waals surface area contributed by atoms with Gasteiger partial charge in [-0.2, -0.15) is 0 Å². The van der Waals surface area contributed by atoms with E-state index in [2.05, 4.69) is 45.8 Å². The van der Waals surface area contributed by atoms with Crippen molar-refractivity contribution < 1.29 is 4.79 Å². The highest BCUT2D eigenvalue weighted by Crippen LogP contribution is 2.22. The minimum atomic E-state index is -0.179. The van der Waals surface area contributed by atoms with Gasteiger partial charge in [0.05, 0.1) is 5.03 Å². The van der Waals surface area contributed by atoms with Gasteiger partial charge in [0.15, 0.2) is 0 Å². The maximum atomic E-state index is 12.2.